The third-order valence-electron chi connectivity index (χ3n) is 4.02. The molecule has 0 spiro atoms. The number of hydrogen-bond acceptors (Lipinski definition) is 6. The van der Waals surface area contributed by atoms with E-state index >= 15 is 0 Å². The van der Waals surface area contributed by atoms with Gasteiger partial charge in [-0.05, 0) is 31.4 Å². The molecule has 0 aliphatic heterocycles. The van der Waals surface area contributed by atoms with Crippen LogP contribution in [0.4, 0.5) is 0 Å². The fourth-order valence-electron chi connectivity index (χ4n) is 2.51. The lowest BCUT2D eigenvalue weighted by molar-refractivity contribution is 0.372. The zero-order chi connectivity index (χ0) is 19.2. The molecule has 3 heterocycles. The zero-order valence-electron chi connectivity index (χ0n) is 16.1. The molecule has 2 N–H and O–H groups in total. The van der Waals surface area contributed by atoms with Gasteiger partial charge in [0.25, 0.3) is 0 Å². The van der Waals surface area contributed by atoms with Gasteiger partial charge >= 0.3 is 0 Å². The van der Waals surface area contributed by atoms with E-state index in [-0.39, 0.29) is 0 Å². The van der Waals surface area contributed by atoms with Gasteiger partial charge in [-0.15, -0.1) is 22.7 Å². The Kier molecular flexibility index (Phi) is 6.63. The van der Waals surface area contributed by atoms with Crippen LogP contribution in [-0.2, 0) is 13.0 Å². The van der Waals surface area contributed by atoms with Crippen LogP contribution < -0.4 is 10.6 Å². The van der Waals surface area contributed by atoms with Crippen molar-refractivity contribution in [3.05, 3.63) is 44.9 Å². The smallest absolute Gasteiger partial charge is 0.191 e. The summed E-state index contributed by atoms with van der Waals surface area (Å²) in [6.07, 6.45) is 0.939. The van der Waals surface area contributed by atoms with Gasteiger partial charge in [-0.25, -0.2) is 4.98 Å². The molecule has 3 aromatic rings. The summed E-state index contributed by atoms with van der Waals surface area (Å²) < 4.78 is 5.34. The lowest BCUT2D eigenvalue weighted by Crippen LogP contribution is -2.37. The number of thiophene rings is 1. The van der Waals surface area contributed by atoms with E-state index in [2.05, 4.69) is 57.1 Å². The van der Waals surface area contributed by atoms with Gasteiger partial charge in [0.15, 0.2) is 11.7 Å². The molecule has 0 atom stereocenters. The van der Waals surface area contributed by atoms with Crippen LogP contribution in [0.3, 0.4) is 0 Å². The van der Waals surface area contributed by atoms with Gasteiger partial charge in [0.2, 0.25) is 0 Å². The summed E-state index contributed by atoms with van der Waals surface area (Å²) in [5, 5.41) is 13.9. The number of thiazole rings is 1. The van der Waals surface area contributed by atoms with Crippen LogP contribution in [0, 0.1) is 6.92 Å². The quantitative estimate of drug-likeness (QED) is 0.457. The highest BCUT2D eigenvalue weighted by Gasteiger charge is 2.09. The van der Waals surface area contributed by atoms with Gasteiger partial charge in [0, 0.05) is 29.9 Å². The van der Waals surface area contributed by atoms with Crippen LogP contribution in [0.5, 0.6) is 0 Å². The van der Waals surface area contributed by atoms with Crippen molar-refractivity contribution >= 4 is 28.6 Å². The zero-order valence-corrected chi connectivity index (χ0v) is 17.7. The number of rotatable bonds is 7. The Morgan fingerprint density at radius 1 is 1.30 bits per heavy atom. The van der Waals surface area contributed by atoms with Gasteiger partial charge in [-0.3, -0.25) is 4.99 Å². The molecule has 0 aliphatic rings. The van der Waals surface area contributed by atoms with Gasteiger partial charge in [0.1, 0.15) is 0 Å². The molecule has 8 heteroatoms. The normalized spacial score (nSPS) is 12.0. The first-order valence-corrected chi connectivity index (χ1v) is 10.7. The number of aromatic nitrogens is 2. The highest BCUT2D eigenvalue weighted by molar-refractivity contribution is 7.16. The molecule has 0 aliphatic carbocycles. The molecule has 0 bridgehead atoms. The van der Waals surface area contributed by atoms with Crippen LogP contribution in [-0.4, -0.2) is 29.7 Å². The monoisotopic (exact) mass is 403 g/mol. The maximum Gasteiger partial charge on any atom is 0.191 e. The molecular weight excluding hydrogens is 378 g/mol. The maximum atomic E-state index is 5.34. The molecule has 0 amide bonds. The van der Waals surface area contributed by atoms with E-state index in [0.717, 1.165) is 41.1 Å². The van der Waals surface area contributed by atoms with Gasteiger partial charge in [0.05, 0.1) is 27.8 Å². The van der Waals surface area contributed by atoms with Crippen molar-refractivity contribution in [2.24, 2.45) is 4.99 Å². The van der Waals surface area contributed by atoms with E-state index in [4.69, 9.17) is 4.52 Å². The fraction of sp³-hybridized carbons (Fsp3) is 0.421. The first-order valence-electron chi connectivity index (χ1n) is 8.96. The van der Waals surface area contributed by atoms with Crippen LogP contribution in [0.1, 0.15) is 41.1 Å². The van der Waals surface area contributed by atoms with E-state index in [9.17, 15) is 0 Å². The molecule has 0 unspecified atom stereocenters. The average Bonchev–Trinajstić information content (AvgIpc) is 3.38. The van der Waals surface area contributed by atoms with Crippen molar-refractivity contribution in [1.29, 1.82) is 0 Å². The Bertz CT molecular complexity index is 893. The van der Waals surface area contributed by atoms with Crippen LogP contribution >= 0.6 is 22.7 Å². The summed E-state index contributed by atoms with van der Waals surface area (Å²) in [6.45, 7) is 7.60. The van der Waals surface area contributed by atoms with Crippen LogP contribution in [0.2, 0.25) is 0 Å². The Balaban J connectivity index is 1.45. The van der Waals surface area contributed by atoms with Crippen molar-refractivity contribution in [3.8, 4) is 10.6 Å². The number of guanidine groups is 1. The molecule has 3 aromatic heterocycles. The molecule has 3 rings (SSSR count). The highest BCUT2D eigenvalue weighted by atomic mass is 32.1. The number of aliphatic imine (C=N–C) groups is 1. The highest BCUT2D eigenvalue weighted by Crippen LogP contribution is 2.29. The van der Waals surface area contributed by atoms with E-state index in [1.165, 1.54) is 9.75 Å². The topological polar surface area (TPSA) is 75.3 Å². The van der Waals surface area contributed by atoms with Crippen molar-refractivity contribution in [2.45, 2.75) is 39.7 Å². The fourth-order valence-corrected chi connectivity index (χ4v) is 4.16. The molecule has 0 fully saturated rings. The Labute approximate surface area is 167 Å². The Morgan fingerprint density at radius 3 is 2.81 bits per heavy atom. The summed E-state index contributed by atoms with van der Waals surface area (Å²) in [4.78, 5) is 11.4. The summed E-state index contributed by atoms with van der Waals surface area (Å²) >= 11 is 3.48. The Hall–Kier alpha value is -2.19. The minimum atomic E-state index is 0.365. The van der Waals surface area contributed by atoms with E-state index in [0.29, 0.717) is 12.5 Å². The number of nitrogens with one attached hydrogen (secondary N) is 2. The summed E-state index contributed by atoms with van der Waals surface area (Å²) in [5.74, 6) is 1.93. The molecule has 0 saturated carbocycles. The van der Waals surface area contributed by atoms with Crippen LogP contribution in [0.15, 0.2) is 33.1 Å². The molecule has 0 aromatic carbocycles. The molecule has 144 valence electrons. The predicted molar refractivity (Wildman–Crippen MR) is 113 cm³/mol. The largest absolute Gasteiger partial charge is 0.359 e. The molecule has 27 heavy (non-hydrogen) atoms. The first kappa shape index (κ1) is 19.6. The second-order valence-electron chi connectivity index (χ2n) is 6.49. The summed E-state index contributed by atoms with van der Waals surface area (Å²) in [7, 11) is 1.77. The average molecular weight is 404 g/mol. The molecule has 0 saturated heterocycles. The number of hydrogen-bond donors (Lipinski definition) is 2. The molecule has 0 radical (unpaired) electrons. The van der Waals surface area contributed by atoms with Crippen LogP contribution in [0.25, 0.3) is 10.6 Å². The van der Waals surface area contributed by atoms with E-state index in [1.54, 1.807) is 29.7 Å². The van der Waals surface area contributed by atoms with Crippen molar-refractivity contribution in [3.63, 3.8) is 0 Å². The van der Waals surface area contributed by atoms with E-state index < -0.39 is 0 Å². The lowest BCUT2D eigenvalue weighted by atomic mass is 10.1. The standard InChI is InChI=1S/C19H25N5OS2/c1-12(2)16-9-14(25-24-16)10-22-19(20-4)21-8-7-15-5-6-18(27-15)17-11-26-13(3)23-17/h5-6,9,11-12H,7-8,10H2,1-4H3,(H2,20,21,22). The minimum absolute atomic E-state index is 0.365. The maximum absolute atomic E-state index is 5.34. The SMILES string of the molecule is CN=C(NCCc1ccc(-c2csc(C)n2)s1)NCc1cc(C(C)C)no1. The van der Waals surface area contributed by atoms with Crippen molar-refractivity contribution < 1.29 is 4.52 Å². The summed E-state index contributed by atoms with van der Waals surface area (Å²) in [6, 6.07) is 6.31. The van der Waals surface area contributed by atoms with E-state index in [1.807, 2.05) is 13.0 Å². The third-order valence-corrected chi connectivity index (χ3v) is 5.96. The predicted octanol–water partition coefficient (Wildman–Crippen LogP) is 4.20. The number of aryl methyl sites for hydroxylation is 1. The van der Waals surface area contributed by atoms with Crippen molar-refractivity contribution in [2.75, 3.05) is 13.6 Å². The van der Waals surface area contributed by atoms with Gasteiger partial charge in [-0.2, -0.15) is 0 Å². The molecular formula is C19H25N5OS2. The number of nitrogens with zero attached hydrogens (tertiary/aromatic N) is 3. The second kappa shape index (κ2) is 9.14. The lowest BCUT2D eigenvalue weighted by Gasteiger charge is -2.10. The first-order chi connectivity index (χ1) is 13.0. The Morgan fingerprint density at radius 2 is 2.15 bits per heavy atom. The third kappa shape index (κ3) is 5.40. The summed E-state index contributed by atoms with van der Waals surface area (Å²) in [5.41, 5.74) is 2.05. The minimum Gasteiger partial charge on any atom is -0.359 e. The molecule has 6 nitrogen and oxygen atoms in total. The van der Waals surface area contributed by atoms with Gasteiger partial charge < -0.3 is 15.2 Å². The van der Waals surface area contributed by atoms with Gasteiger partial charge in [-0.1, -0.05) is 19.0 Å². The second-order valence-corrected chi connectivity index (χ2v) is 8.72. The van der Waals surface area contributed by atoms with Crippen molar-refractivity contribution in [1.82, 2.24) is 20.8 Å².